The quantitative estimate of drug-likeness (QED) is 0.279. The van der Waals surface area contributed by atoms with Crippen LogP contribution in [0.1, 0.15) is 50.5 Å². The molecule has 0 aromatic heterocycles. The highest BCUT2D eigenvalue weighted by molar-refractivity contribution is 14.1. The number of halogens is 2. The summed E-state index contributed by atoms with van der Waals surface area (Å²) in [6.07, 6.45) is 1.69. The molecule has 0 amide bonds. The van der Waals surface area contributed by atoms with E-state index in [1.807, 2.05) is 19.9 Å². The Morgan fingerprint density at radius 3 is 2.65 bits per heavy atom. The van der Waals surface area contributed by atoms with Crippen LogP contribution in [0.3, 0.4) is 0 Å². The van der Waals surface area contributed by atoms with Gasteiger partial charge in [-0.05, 0) is 89.9 Å². The molecule has 9 heteroatoms. The Labute approximate surface area is 182 Å². The maximum atomic E-state index is 10.9. The van der Waals surface area contributed by atoms with Gasteiger partial charge >= 0.3 is 0 Å². The molecule has 26 heavy (non-hydrogen) atoms. The summed E-state index contributed by atoms with van der Waals surface area (Å²) in [5.74, 6) is 0.334. The summed E-state index contributed by atoms with van der Waals surface area (Å²) >= 11 is 4.51. The fourth-order valence-electron chi connectivity index (χ4n) is 2.76. The van der Waals surface area contributed by atoms with Gasteiger partial charge in [-0.2, -0.15) is 8.42 Å². The van der Waals surface area contributed by atoms with Gasteiger partial charge in [0.05, 0.1) is 33.7 Å². The summed E-state index contributed by atoms with van der Waals surface area (Å²) < 4.78 is 50.7. The van der Waals surface area contributed by atoms with Crippen LogP contribution >= 0.6 is 45.2 Å². The molecule has 0 bridgehead atoms. The van der Waals surface area contributed by atoms with Crippen LogP contribution in [-0.4, -0.2) is 37.5 Å². The summed E-state index contributed by atoms with van der Waals surface area (Å²) in [6, 6.07) is 2.01. The van der Waals surface area contributed by atoms with Crippen LogP contribution in [0, 0.1) is 14.1 Å². The molecule has 0 spiro atoms. The van der Waals surface area contributed by atoms with Crippen LogP contribution in [0.2, 0.25) is 0 Å². The van der Waals surface area contributed by atoms with E-state index in [4.69, 9.17) is 18.8 Å². The van der Waals surface area contributed by atoms with Crippen molar-refractivity contribution in [2.75, 3.05) is 12.4 Å². The fraction of sp³-hybridized carbons (Fsp3) is 0.647. The van der Waals surface area contributed by atoms with Gasteiger partial charge in [-0.3, -0.25) is 4.55 Å². The van der Waals surface area contributed by atoms with Crippen molar-refractivity contribution in [3.05, 3.63) is 24.3 Å². The first-order chi connectivity index (χ1) is 12.1. The van der Waals surface area contributed by atoms with Crippen molar-refractivity contribution in [2.24, 2.45) is 0 Å². The molecule has 1 N–H and O–H groups in total. The van der Waals surface area contributed by atoms with Crippen molar-refractivity contribution >= 4 is 55.3 Å². The Kier molecular flexibility index (Phi) is 8.41. The minimum Gasteiger partial charge on any atom is -0.492 e. The maximum Gasteiger partial charge on any atom is 0.264 e. The van der Waals surface area contributed by atoms with Crippen LogP contribution in [0.25, 0.3) is 0 Å². The molecule has 1 saturated heterocycles. The Morgan fingerprint density at radius 1 is 1.35 bits per heavy atom. The van der Waals surface area contributed by atoms with Gasteiger partial charge in [0.15, 0.2) is 6.29 Å². The third-order valence-corrected chi connectivity index (χ3v) is 7.42. The lowest BCUT2D eigenvalue weighted by Gasteiger charge is -2.35. The molecule has 6 nitrogen and oxygen atoms in total. The first kappa shape index (κ1) is 22.6. The number of rotatable bonds is 7. The summed E-state index contributed by atoms with van der Waals surface area (Å²) in [4.78, 5) is 0. The molecular weight excluding hydrogens is 586 g/mol. The Bertz CT molecular complexity index is 737. The van der Waals surface area contributed by atoms with E-state index in [1.54, 1.807) is 0 Å². The highest BCUT2D eigenvalue weighted by Crippen LogP contribution is 2.40. The SMILES string of the molecule is CCC1CC(C)OC(c2cc(I)c(C)c(I)c2OCCCS(=O)(=O)O)O1. The fourth-order valence-corrected chi connectivity index (χ4v) is 5.12. The van der Waals surface area contributed by atoms with E-state index in [2.05, 4.69) is 52.1 Å². The third-order valence-electron chi connectivity index (χ3n) is 4.20. The monoisotopic (exact) mass is 610 g/mol. The molecule has 0 saturated carbocycles. The van der Waals surface area contributed by atoms with Gasteiger partial charge in [-0.1, -0.05) is 6.92 Å². The average Bonchev–Trinajstić information content (AvgIpc) is 2.56. The first-order valence-electron chi connectivity index (χ1n) is 8.49. The topological polar surface area (TPSA) is 82.1 Å². The van der Waals surface area contributed by atoms with Gasteiger partial charge in [-0.25, -0.2) is 0 Å². The van der Waals surface area contributed by atoms with Crippen molar-refractivity contribution in [3.8, 4) is 5.75 Å². The van der Waals surface area contributed by atoms with Crippen molar-refractivity contribution in [1.29, 1.82) is 0 Å². The predicted molar refractivity (Wildman–Crippen MR) is 116 cm³/mol. The summed E-state index contributed by atoms with van der Waals surface area (Å²) in [5, 5.41) is 0. The van der Waals surface area contributed by atoms with Crippen molar-refractivity contribution < 1.29 is 27.2 Å². The van der Waals surface area contributed by atoms with Gasteiger partial charge in [-0.15, -0.1) is 0 Å². The van der Waals surface area contributed by atoms with Crippen molar-refractivity contribution in [3.63, 3.8) is 0 Å². The second-order valence-corrected chi connectivity index (χ2v) is 10.2. The Morgan fingerprint density at radius 2 is 2.04 bits per heavy atom. The molecule has 0 radical (unpaired) electrons. The van der Waals surface area contributed by atoms with Crippen molar-refractivity contribution in [2.45, 2.75) is 58.5 Å². The molecular formula is C17H24I2O6S. The lowest BCUT2D eigenvalue weighted by molar-refractivity contribution is -0.244. The predicted octanol–water partition coefficient (Wildman–Crippen LogP) is 4.46. The van der Waals surface area contributed by atoms with Crippen LogP contribution in [-0.2, 0) is 19.6 Å². The molecule has 1 aliphatic rings. The average molecular weight is 610 g/mol. The van der Waals surface area contributed by atoms with Crippen LogP contribution in [0.15, 0.2) is 6.07 Å². The van der Waals surface area contributed by atoms with Gasteiger partial charge in [0.2, 0.25) is 0 Å². The summed E-state index contributed by atoms with van der Waals surface area (Å²) in [7, 11) is -3.98. The highest BCUT2D eigenvalue weighted by Gasteiger charge is 2.31. The third kappa shape index (κ3) is 6.16. The minimum atomic E-state index is -3.98. The van der Waals surface area contributed by atoms with Crippen LogP contribution < -0.4 is 4.74 Å². The lowest BCUT2D eigenvalue weighted by Crippen LogP contribution is -2.32. The van der Waals surface area contributed by atoms with E-state index in [9.17, 15) is 8.42 Å². The molecule has 1 aliphatic heterocycles. The summed E-state index contributed by atoms with van der Waals surface area (Å²) in [6.45, 7) is 6.32. The summed E-state index contributed by atoms with van der Waals surface area (Å²) in [5.41, 5.74) is 1.91. The molecule has 3 atom stereocenters. The number of ether oxygens (including phenoxy) is 3. The molecule has 1 aromatic carbocycles. The molecule has 1 heterocycles. The van der Waals surface area contributed by atoms with Gasteiger partial charge in [0.1, 0.15) is 5.75 Å². The molecule has 2 rings (SSSR count). The molecule has 1 fully saturated rings. The molecule has 1 aromatic rings. The normalized spacial score (nSPS) is 23.8. The largest absolute Gasteiger partial charge is 0.492 e. The van der Waals surface area contributed by atoms with Crippen molar-refractivity contribution in [1.82, 2.24) is 0 Å². The number of hydrogen-bond donors (Lipinski definition) is 1. The van der Waals surface area contributed by atoms with E-state index in [-0.39, 0.29) is 31.0 Å². The maximum absolute atomic E-state index is 10.9. The lowest BCUT2D eigenvalue weighted by atomic mass is 10.1. The zero-order chi connectivity index (χ0) is 19.5. The highest BCUT2D eigenvalue weighted by atomic mass is 127. The minimum absolute atomic E-state index is 0.0858. The van der Waals surface area contributed by atoms with Gasteiger partial charge in [0, 0.05) is 3.57 Å². The van der Waals surface area contributed by atoms with E-state index >= 15 is 0 Å². The number of hydrogen-bond acceptors (Lipinski definition) is 5. The first-order valence-corrected chi connectivity index (χ1v) is 12.3. The van der Waals surface area contributed by atoms with Gasteiger partial charge < -0.3 is 14.2 Å². The number of benzene rings is 1. The Hall–Kier alpha value is 0.310. The molecule has 3 unspecified atom stereocenters. The zero-order valence-corrected chi connectivity index (χ0v) is 20.1. The van der Waals surface area contributed by atoms with E-state index < -0.39 is 16.4 Å². The standard InChI is InChI=1S/C17H24I2O6S/c1-4-12-8-10(2)24-17(25-12)13-9-14(18)11(3)15(19)16(13)23-6-5-7-26(20,21)22/h9-10,12,17H,4-8H2,1-3H3,(H,20,21,22). The van der Waals surface area contributed by atoms with E-state index in [0.29, 0.717) is 5.75 Å². The molecule has 0 aliphatic carbocycles. The van der Waals surface area contributed by atoms with E-state index in [1.165, 1.54) is 0 Å². The zero-order valence-electron chi connectivity index (χ0n) is 15.0. The molecule has 148 valence electrons. The smallest absolute Gasteiger partial charge is 0.264 e. The second-order valence-electron chi connectivity index (χ2n) is 6.38. The van der Waals surface area contributed by atoms with Gasteiger partial charge in [0.25, 0.3) is 10.1 Å². The second kappa shape index (κ2) is 9.68. The van der Waals surface area contributed by atoms with Crippen LogP contribution in [0.4, 0.5) is 0 Å². The Balaban J connectivity index is 2.26. The van der Waals surface area contributed by atoms with E-state index in [0.717, 1.165) is 31.1 Å². The van der Waals surface area contributed by atoms with Crippen LogP contribution in [0.5, 0.6) is 5.75 Å².